The van der Waals surface area contributed by atoms with Crippen molar-refractivity contribution in [2.75, 3.05) is 0 Å². The van der Waals surface area contributed by atoms with Gasteiger partial charge in [-0.3, -0.25) is 0 Å². The third-order valence-electron chi connectivity index (χ3n) is 3.46. The van der Waals surface area contributed by atoms with Gasteiger partial charge >= 0.3 is 0 Å². The molecule has 0 amide bonds. The van der Waals surface area contributed by atoms with Gasteiger partial charge in [0.1, 0.15) is 11.9 Å². The molecule has 1 saturated carbocycles. The Morgan fingerprint density at radius 3 is 2.25 bits per heavy atom. The van der Waals surface area contributed by atoms with Crippen molar-refractivity contribution in [1.29, 1.82) is 0 Å². The summed E-state index contributed by atoms with van der Waals surface area (Å²) in [5, 5.41) is 0. The molecule has 4 heteroatoms. The number of amidine groups is 1. The van der Waals surface area contributed by atoms with Crippen LogP contribution in [0, 0.1) is 5.41 Å². The summed E-state index contributed by atoms with van der Waals surface area (Å²) in [5.41, 5.74) is 0.169. The molecule has 0 N–H and O–H groups in total. The first-order chi connectivity index (χ1) is 11.0. The van der Waals surface area contributed by atoms with E-state index in [1.54, 1.807) is 6.20 Å². The highest BCUT2D eigenvalue weighted by Gasteiger charge is 2.34. The van der Waals surface area contributed by atoms with Crippen LogP contribution in [0.15, 0.2) is 34.1 Å². The van der Waals surface area contributed by atoms with E-state index in [0.29, 0.717) is 11.9 Å². The molecule has 0 aromatic heterocycles. The van der Waals surface area contributed by atoms with Crippen molar-refractivity contribution >= 4 is 12.6 Å². The largest absolute Gasteiger partial charge is 0.493 e. The lowest BCUT2D eigenvalue weighted by molar-refractivity contribution is -0.138. The quantitative estimate of drug-likeness (QED) is 0.376. The average Bonchev–Trinajstić information content (AvgIpc) is 2.37. The molecule has 1 rings (SSSR count). The molecular formula is C20H34N2O2. The molecule has 136 valence electrons. The van der Waals surface area contributed by atoms with E-state index in [0.717, 1.165) is 25.0 Å². The molecule has 0 atom stereocenters. The van der Waals surface area contributed by atoms with Gasteiger partial charge in [0.05, 0.1) is 17.9 Å². The Morgan fingerprint density at radius 2 is 1.75 bits per heavy atom. The lowest BCUT2D eigenvalue weighted by Crippen LogP contribution is -2.41. The Hall–Kier alpha value is -1.42. The van der Waals surface area contributed by atoms with Gasteiger partial charge < -0.3 is 9.47 Å². The summed E-state index contributed by atoms with van der Waals surface area (Å²) < 4.78 is 11.8. The maximum absolute atomic E-state index is 5.91. The van der Waals surface area contributed by atoms with Gasteiger partial charge in [-0.2, -0.15) is 0 Å². The second-order valence-corrected chi connectivity index (χ2v) is 8.62. The molecule has 24 heavy (non-hydrogen) atoms. The second-order valence-electron chi connectivity index (χ2n) is 8.62. The van der Waals surface area contributed by atoms with Crippen LogP contribution < -0.4 is 0 Å². The molecule has 0 heterocycles. The van der Waals surface area contributed by atoms with E-state index in [9.17, 15) is 0 Å². The first-order valence-electron chi connectivity index (χ1n) is 8.71. The first kappa shape index (κ1) is 20.6. The van der Waals surface area contributed by atoms with E-state index in [1.165, 1.54) is 0 Å². The van der Waals surface area contributed by atoms with Crippen LogP contribution in [0.1, 0.15) is 67.7 Å². The fraction of sp³-hybridized carbons (Fsp3) is 0.700. The standard InChI is InChI=1S/C20H34N2O2/c1-15(23-16-12-17(13-16)24-20(5,6)7)14-22-18(21-8)10-9-11-19(2,3)4/h9-10,14,16-17H,8,11-13H2,1-7H3/b10-9+,15-14+,22-18-/t16-,17-. The highest BCUT2D eigenvalue weighted by atomic mass is 16.5. The van der Waals surface area contributed by atoms with Gasteiger partial charge in [-0.1, -0.05) is 26.8 Å². The monoisotopic (exact) mass is 334 g/mol. The van der Waals surface area contributed by atoms with Crippen LogP contribution in [0.25, 0.3) is 0 Å². The molecular weight excluding hydrogens is 300 g/mol. The van der Waals surface area contributed by atoms with Gasteiger partial charge in [-0.15, -0.1) is 0 Å². The van der Waals surface area contributed by atoms with Gasteiger partial charge in [0.2, 0.25) is 0 Å². The van der Waals surface area contributed by atoms with Crippen LogP contribution >= 0.6 is 0 Å². The maximum atomic E-state index is 5.91. The molecule has 0 unspecified atom stereocenters. The van der Waals surface area contributed by atoms with E-state index in [-0.39, 0.29) is 17.1 Å². The van der Waals surface area contributed by atoms with Gasteiger partial charge in [0, 0.05) is 12.8 Å². The van der Waals surface area contributed by atoms with Crippen LogP contribution in [0.5, 0.6) is 0 Å². The highest BCUT2D eigenvalue weighted by molar-refractivity contribution is 5.96. The molecule has 0 saturated heterocycles. The van der Waals surface area contributed by atoms with E-state index in [2.05, 4.69) is 64.3 Å². The van der Waals surface area contributed by atoms with Crippen molar-refractivity contribution < 1.29 is 9.47 Å². The Labute approximate surface area is 147 Å². The number of ether oxygens (including phenoxy) is 2. The minimum Gasteiger partial charge on any atom is -0.493 e. The smallest absolute Gasteiger partial charge is 0.150 e. The van der Waals surface area contributed by atoms with E-state index >= 15 is 0 Å². The number of hydrogen-bond acceptors (Lipinski definition) is 3. The van der Waals surface area contributed by atoms with Crippen molar-refractivity contribution in [2.24, 2.45) is 15.4 Å². The normalized spacial score (nSPS) is 23.3. The van der Waals surface area contributed by atoms with E-state index in [4.69, 9.17) is 9.47 Å². The molecule has 0 spiro atoms. The number of aliphatic imine (C=N–C) groups is 2. The second kappa shape index (κ2) is 8.61. The summed E-state index contributed by atoms with van der Waals surface area (Å²) in [6.45, 7) is 18.3. The van der Waals surface area contributed by atoms with Crippen LogP contribution in [0.2, 0.25) is 0 Å². The summed E-state index contributed by atoms with van der Waals surface area (Å²) >= 11 is 0. The number of nitrogens with zero attached hydrogens (tertiary/aromatic N) is 2. The third-order valence-corrected chi connectivity index (χ3v) is 3.46. The fourth-order valence-corrected chi connectivity index (χ4v) is 2.31. The van der Waals surface area contributed by atoms with Gasteiger partial charge in [-0.05, 0) is 52.3 Å². The first-order valence-corrected chi connectivity index (χ1v) is 8.71. The van der Waals surface area contributed by atoms with Crippen LogP contribution in [-0.2, 0) is 9.47 Å². The molecule has 1 aliphatic carbocycles. The third kappa shape index (κ3) is 9.02. The summed E-state index contributed by atoms with van der Waals surface area (Å²) in [7, 11) is 0. The topological polar surface area (TPSA) is 43.2 Å². The maximum Gasteiger partial charge on any atom is 0.150 e. The predicted molar refractivity (Wildman–Crippen MR) is 103 cm³/mol. The van der Waals surface area contributed by atoms with Crippen LogP contribution in [0.4, 0.5) is 0 Å². The lowest BCUT2D eigenvalue weighted by atomic mass is 9.91. The molecule has 0 radical (unpaired) electrons. The Balaban J connectivity index is 2.44. The minimum absolute atomic E-state index is 0.0886. The Kier molecular flexibility index (Phi) is 7.40. The average molecular weight is 335 g/mol. The molecule has 1 aliphatic rings. The molecule has 0 bridgehead atoms. The fourth-order valence-electron chi connectivity index (χ4n) is 2.31. The van der Waals surface area contributed by atoms with Crippen molar-refractivity contribution in [3.8, 4) is 0 Å². The van der Waals surface area contributed by atoms with Crippen LogP contribution in [0.3, 0.4) is 0 Å². The Bertz CT molecular complexity index is 499. The number of allylic oxidation sites excluding steroid dienone is 2. The van der Waals surface area contributed by atoms with Crippen molar-refractivity contribution in [3.63, 3.8) is 0 Å². The zero-order valence-electron chi connectivity index (χ0n) is 16.4. The summed E-state index contributed by atoms with van der Waals surface area (Å²) in [5.74, 6) is 1.39. The van der Waals surface area contributed by atoms with Gasteiger partial charge in [-0.25, -0.2) is 9.98 Å². The summed E-state index contributed by atoms with van der Waals surface area (Å²) in [4.78, 5) is 8.27. The SMILES string of the molecule is C=NC(/C=C/CC(C)(C)C)=N\C=C(/C)O[C@H]1C[C@H](OC(C)(C)C)C1. The van der Waals surface area contributed by atoms with Gasteiger partial charge in [0.25, 0.3) is 0 Å². The predicted octanol–water partition coefficient (Wildman–Crippen LogP) is 5.30. The summed E-state index contributed by atoms with van der Waals surface area (Å²) in [6.07, 6.45) is 9.06. The molecule has 0 aromatic rings. The van der Waals surface area contributed by atoms with Crippen molar-refractivity contribution in [1.82, 2.24) is 0 Å². The van der Waals surface area contributed by atoms with Crippen molar-refractivity contribution in [3.05, 3.63) is 24.1 Å². The zero-order valence-corrected chi connectivity index (χ0v) is 16.4. The van der Waals surface area contributed by atoms with Crippen LogP contribution in [-0.4, -0.2) is 30.4 Å². The zero-order chi connectivity index (χ0) is 18.4. The molecule has 0 aromatic carbocycles. The number of hydrogen-bond donors (Lipinski definition) is 0. The molecule has 0 aliphatic heterocycles. The van der Waals surface area contributed by atoms with E-state index in [1.807, 2.05) is 13.0 Å². The van der Waals surface area contributed by atoms with Crippen molar-refractivity contribution in [2.45, 2.75) is 85.5 Å². The molecule has 1 fully saturated rings. The number of rotatable bonds is 6. The van der Waals surface area contributed by atoms with Gasteiger partial charge in [0.15, 0.2) is 5.84 Å². The lowest BCUT2D eigenvalue weighted by Gasteiger charge is -2.39. The highest BCUT2D eigenvalue weighted by Crippen LogP contribution is 2.31. The summed E-state index contributed by atoms with van der Waals surface area (Å²) in [6, 6.07) is 0. The molecule has 4 nitrogen and oxygen atoms in total. The minimum atomic E-state index is -0.0886. The van der Waals surface area contributed by atoms with E-state index < -0.39 is 0 Å². The Morgan fingerprint density at radius 1 is 1.12 bits per heavy atom.